The molecule has 4 nitrogen and oxygen atoms in total. The van der Waals surface area contributed by atoms with Gasteiger partial charge in [0.05, 0.1) is 11.6 Å². The van der Waals surface area contributed by atoms with Gasteiger partial charge in [-0.3, -0.25) is 0 Å². The molecule has 9 rings (SSSR count). The van der Waals surface area contributed by atoms with E-state index < -0.39 is 0 Å². The van der Waals surface area contributed by atoms with Crippen molar-refractivity contribution in [3.63, 3.8) is 0 Å². The average Bonchev–Trinajstić information content (AvgIpc) is 3.20. The Hall–Kier alpha value is -6.96. The van der Waals surface area contributed by atoms with Crippen molar-refractivity contribution >= 4 is 53.9 Å². The zero-order valence-corrected chi connectivity index (χ0v) is 27.0. The summed E-state index contributed by atoms with van der Waals surface area (Å²) in [5, 5.41) is 21.0. The molecule has 0 amide bonds. The number of aromatic nitrogens is 3. The first-order chi connectivity index (χ1) is 24.7. The fraction of sp³-hybridized carbons (Fsp3) is 0. The van der Waals surface area contributed by atoms with Crippen LogP contribution in [0.3, 0.4) is 0 Å². The molecule has 0 aliphatic carbocycles. The van der Waals surface area contributed by atoms with Gasteiger partial charge in [0, 0.05) is 16.7 Å². The molecule has 0 saturated heterocycles. The molecule has 0 N–H and O–H groups in total. The van der Waals surface area contributed by atoms with Crippen LogP contribution in [0.2, 0.25) is 0 Å². The Morgan fingerprint density at radius 3 is 1.04 bits per heavy atom. The minimum Gasteiger partial charge on any atom is -0.208 e. The quantitative estimate of drug-likeness (QED) is 0.194. The van der Waals surface area contributed by atoms with Crippen molar-refractivity contribution in [3.8, 4) is 40.2 Å². The van der Waals surface area contributed by atoms with Crippen molar-refractivity contribution in [2.75, 3.05) is 0 Å². The van der Waals surface area contributed by atoms with Gasteiger partial charge >= 0.3 is 0 Å². The Morgan fingerprint density at radius 1 is 0.300 bits per heavy atom. The van der Waals surface area contributed by atoms with Crippen molar-refractivity contribution in [2.24, 2.45) is 0 Å². The van der Waals surface area contributed by atoms with E-state index in [0.29, 0.717) is 23.0 Å². The van der Waals surface area contributed by atoms with Crippen LogP contribution < -0.4 is 0 Å². The number of nitriles is 1. The second-order valence-electron chi connectivity index (χ2n) is 12.3. The highest BCUT2D eigenvalue weighted by molar-refractivity contribution is 6.26. The average molecular weight is 637 g/mol. The minimum absolute atomic E-state index is 0.551. The van der Waals surface area contributed by atoms with E-state index in [1.54, 1.807) is 12.1 Å². The molecule has 50 heavy (non-hydrogen) atoms. The van der Waals surface area contributed by atoms with E-state index in [9.17, 15) is 5.26 Å². The standard InChI is InChI=1S/C46H28N4/c47-29-30-22-24-32(25-23-30)45-48-44(31-12-2-1-3-13-31)49-46(50-45)33-26-27-42-40-20-9-8-18-38(40)36-16-5-4-14-34(36)35-15-6-7-17-37(35)39-19-10-11-21-41(39)43(42)28-33/h1-28H. The van der Waals surface area contributed by atoms with E-state index >= 15 is 0 Å². The van der Waals surface area contributed by atoms with Crippen molar-refractivity contribution < 1.29 is 0 Å². The summed E-state index contributed by atoms with van der Waals surface area (Å²) >= 11 is 0. The van der Waals surface area contributed by atoms with Crippen LogP contribution in [0.1, 0.15) is 5.56 Å². The first-order valence-corrected chi connectivity index (χ1v) is 16.6. The summed E-state index contributed by atoms with van der Waals surface area (Å²) in [6.07, 6.45) is 0. The summed E-state index contributed by atoms with van der Waals surface area (Å²) in [6.45, 7) is 0. The molecule has 0 fully saturated rings. The monoisotopic (exact) mass is 636 g/mol. The minimum atomic E-state index is 0.551. The van der Waals surface area contributed by atoms with Crippen LogP contribution in [0.15, 0.2) is 170 Å². The van der Waals surface area contributed by atoms with E-state index in [1.165, 1.54) is 26.9 Å². The lowest BCUT2D eigenvalue weighted by Gasteiger charge is -2.12. The molecule has 0 spiro atoms. The topological polar surface area (TPSA) is 62.5 Å². The molecule has 0 bridgehead atoms. The van der Waals surface area contributed by atoms with E-state index in [1.807, 2.05) is 42.5 Å². The van der Waals surface area contributed by atoms with Gasteiger partial charge in [-0.1, -0.05) is 140 Å². The fourth-order valence-electron chi connectivity index (χ4n) is 7.00. The fourth-order valence-corrected chi connectivity index (χ4v) is 7.00. The van der Waals surface area contributed by atoms with Gasteiger partial charge in [-0.05, 0) is 84.2 Å². The predicted octanol–water partition coefficient (Wildman–Crippen LogP) is 11.6. The summed E-state index contributed by atoms with van der Waals surface area (Å²) in [5.41, 5.74) is 3.19. The molecule has 0 unspecified atom stereocenters. The van der Waals surface area contributed by atoms with Crippen LogP contribution in [0, 0.1) is 11.3 Å². The van der Waals surface area contributed by atoms with Gasteiger partial charge in [-0.2, -0.15) is 5.26 Å². The maximum absolute atomic E-state index is 9.39. The maximum Gasteiger partial charge on any atom is 0.164 e. The lowest BCUT2D eigenvalue weighted by atomic mass is 9.94. The number of hydrogen-bond acceptors (Lipinski definition) is 4. The van der Waals surface area contributed by atoms with Crippen molar-refractivity contribution in [2.45, 2.75) is 0 Å². The number of hydrogen-bond donors (Lipinski definition) is 0. The molecule has 1 heterocycles. The van der Waals surface area contributed by atoms with E-state index in [4.69, 9.17) is 15.0 Å². The van der Waals surface area contributed by atoms with Crippen LogP contribution in [-0.2, 0) is 0 Å². The van der Waals surface area contributed by atoms with Crippen LogP contribution in [0.5, 0.6) is 0 Å². The molecular formula is C46H28N4. The Morgan fingerprint density at radius 2 is 0.620 bits per heavy atom. The molecule has 0 atom stereocenters. The van der Waals surface area contributed by atoms with Gasteiger partial charge in [0.25, 0.3) is 0 Å². The Kier molecular flexibility index (Phi) is 7.15. The lowest BCUT2D eigenvalue weighted by Crippen LogP contribution is -2.00. The van der Waals surface area contributed by atoms with Crippen molar-refractivity contribution in [3.05, 3.63) is 175 Å². The SMILES string of the molecule is N#Cc1ccc(-c2nc(-c3ccccc3)nc(-c3ccc4c5ccccc5c5ccccc5c5ccccc5c5ccccc5c4c3)n2)cc1. The highest BCUT2D eigenvalue weighted by atomic mass is 15.0. The summed E-state index contributed by atoms with van der Waals surface area (Å²) in [6, 6.07) is 60.9. The van der Waals surface area contributed by atoms with E-state index in [2.05, 4.69) is 121 Å². The van der Waals surface area contributed by atoms with Gasteiger partial charge in [0.2, 0.25) is 0 Å². The number of nitrogens with zero attached hydrogens (tertiary/aromatic N) is 4. The molecule has 0 saturated carbocycles. The third kappa shape index (κ3) is 5.06. The lowest BCUT2D eigenvalue weighted by molar-refractivity contribution is 1.07. The molecular weight excluding hydrogens is 609 g/mol. The van der Waals surface area contributed by atoms with Crippen LogP contribution in [0.25, 0.3) is 88.0 Å². The van der Waals surface area contributed by atoms with Gasteiger partial charge < -0.3 is 0 Å². The van der Waals surface area contributed by atoms with E-state index in [0.717, 1.165) is 43.6 Å². The number of fused-ring (bicyclic) bond motifs is 10. The zero-order chi connectivity index (χ0) is 33.4. The van der Waals surface area contributed by atoms with Crippen LogP contribution >= 0.6 is 0 Å². The highest BCUT2D eigenvalue weighted by Gasteiger charge is 2.14. The number of rotatable bonds is 3. The molecule has 0 radical (unpaired) electrons. The molecule has 0 aliphatic heterocycles. The predicted molar refractivity (Wildman–Crippen MR) is 206 cm³/mol. The highest BCUT2D eigenvalue weighted by Crippen LogP contribution is 2.37. The molecule has 4 heteroatoms. The summed E-state index contributed by atoms with van der Waals surface area (Å²) < 4.78 is 0. The Labute approximate surface area is 288 Å². The second-order valence-corrected chi connectivity index (χ2v) is 12.3. The van der Waals surface area contributed by atoms with Gasteiger partial charge in [0.15, 0.2) is 17.5 Å². The summed E-state index contributed by atoms with van der Waals surface area (Å²) in [5.74, 6) is 1.72. The Balaban J connectivity index is 1.42. The van der Waals surface area contributed by atoms with Gasteiger partial charge in [-0.25, -0.2) is 15.0 Å². The maximum atomic E-state index is 9.39. The molecule has 232 valence electrons. The molecule has 1 aromatic heterocycles. The Bertz CT molecular complexity index is 2800. The largest absolute Gasteiger partial charge is 0.208 e. The van der Waals surface area contributed by atoms with Gasteiger partial charge in [0.1, 0.15) is 0 Å². The van der Waals surface area contributed by atoms with Crippen LogP contribution in [-0.4, -0.2) is 15.0 Å². The van der Waals surface area contributed by atoms with Crippen molar-refractivity contribution in [1.29, 1.82) is 5.26 Å². The second kappa shape index (κ2) is 12.2. The normalized spacial score (nSPS) is 11.2. The number of benzene rings is 7. The molecule has 0 aliphatic rings. The third-order valence-corrected chi connectivity index (χ3v) is 9.38. The van der Waals surface area contributed by atoms with Gasteiger partial charge in [-0.15, -0.1) is 0 Å². The summed E-state index contributed by atoms with van der Waals surface area (Å²) in [4.78, 5) is 15.0. The van der Waals surface area contributed by atoms with Crippen molar-refractivity contribution in [1.82, 2.24) is 15.0 Å². The first kappa shape index (κ1) is 29.2. The molecule has 8 aromatic carbocycles. The molecule has 9 aromatic rings. The smallest absolute Gasteiger partial charge is 0.164 e. The van der Waals surface area contributed by atoms with Crippen LogP contribution in [0.4, 0.5) is 0 Å². The summed E-state index contributed by atoms with van der Waals surface area (Å²) in [7, 11) is 0. The van der Waals surface area contributed by atoms with E-state index in [-0.39, 0.29) is 0 Å². The first-order valence-electron chi connectivity index (χ1n) is 16.6. The third-order valence-electron chi connectivity index (χ3n) is 9.38. The zero-order valence-electron chi connectivity index (χ0n) is 27.0.